The largest absolute Gasteiger partial charge is 0.298 e. The molecule has 1 aliphatic rings. The van der Waals surface area contributed by atoms with Crippen LogP contribution >= 0.6 is 10.8 Å². The highest BCUT2D eigenvalue weighted by molar-refractivity contribution is 8.31. The van der Waals surface area contributed by atoms with Crippen LogP contribution in [-0.2, 0) is 4.79 Å². The first-order valence-electron chi connectivity index (χ1n) is 4.40. The second-order valence-electron chi connectivity index (χ2n) is 3.26. The van der Waals surface area contributed by atoms with Gasteiger partial charge in [-0.2, -0.15) is 0 Å². The van der Waals surface area contributed by atoms with Crippen molar-refractivity contribution in [1.29, 1.82) is 0 Å². The molecular weight excluding hydrogens is 230 g/mol. The molecule has 1 aromatic carbocycles. The number of benzene rings is 1. The number of carbonyl (C=O) groups is 2. The molecule has 0 unspecified atom stereocenters. The lowest BCUT2D eigenvalue weighted by molar-refractivity contribution is -0.114. The average Bonchev–Trinajstić information content (AvgIpc) is 2.52. The molecule has 0 atom stereocenters. The highest BCUT2D eigenvalue weighted by Crippen LogP contribution is 2.52. The number of rotatable bonds is 2. The maximum atomic E-state index is 11.0. The average molecular weight is 239 g/mol. The van der Waals surface area contributed by atoms with E-state index in [2.05, 4.69) is 4.72 Å². The van der Waals surface area contributed by atoms with E-state index in [9.17, 15) is 18.7 Å². The minimum absolute atomic E-state index is 0.148. The SMILES string of the molecule is O=Cc1ccc(C2=CC(=O)NS2(O)O)cc1. The summed E-state index contributed by atoms with van der Waals surface area (Å²) in [5, 5.41) is 0. The lowest BCUT2D eigenvalue weighted by atomic mass is 10.1. The fourth-order valence-corrected chi connectivity index (χ4v) is 2.59. The maximum absolute atomic E-state index is 11.0. The molecule has 1 aromatic rings. The summed E-state index contributed by atoms with van der Waals surface area (Å²) in [6, 6.07) is 6.21. The highest BCUT2D eigenvalue weighted by atomic mass is 32.3. The summed E-state index contributed by atoms with van der Waals surface area (Å²) in [6.07, 6.45) is 1.83. The standard InChI is InChI=1S/C10H9NO4S/c12-6-7-1-3-8(4-2-7)9-5-10(13)11-16(9,14)15/h1-6,14-15H,(H,11,13). The molecule has 0 aromatic heterocycles. The molecule has 6 heteroatoms. The zero-order chi connectivity index (χ0) is 11.8. The lowest BCUT2D eigenvalue weighted by Crippen LogP contribution is -2.18. The number of hydrogen-bond acceptors (Lipinski definition) is 4. The van der Waals surface area contributed by atoms with Crippen molar-refractivity contribution in [2.45, 2.75) is 0 Å². The van der Waals surface area contributed by atoms with Crippen molar-refractivity contribution in [1.82, 2.24) is 4.72 Å². The Morgan fingerprint density at radius 1 is 1.19 bits per heavy atom. The van der Waals surface area contributed by atoms with Crippen molar-refractivity contribution in [3.8, 4) is 0 Å². The molecule has 0 bridgehead atoms. The topological polar surface area (TPSA) is 86.6 Å². The molecular formula is C10H9NO4S. The first-order chi connectivity index (χ1) is 7.53. The smallest absolute Gasteiger partial charge is 0.264 e. The third-order valence-corrected chi connectivity index (χ3v) is 3.60. The number of nitrogens with one attached hydrogen (secondary N) is 1. The van der Waals surface area contributed by atoms with Gasteiger partial charge < -0.3 is 0 Å². The molecule has 0 fully saturated rings. The van der Waals surface area contributed by atoms with Gasteiger partial charge in [0, 0.05) is 11.6 Å². The molecule has 0 saturated carbocycles. The van der Waals surface area contributed by atoms with E-state index in [1.165, 1.54) is 0 Å². The van der Waals surface area contributed by atoms with Gasteiger partial charge in [0.25, 0.3) is 5.91 Å². The Morgan fingerprint density at radius 2 is 1.81 bits per heavy atom. The van der Waals surface area contributed by atoms with Crippen molar-refractivity contribution >= 4 is 27.9 Å². The summed E-state index contributed by atoms with van der Waals surface area (Å²) < 4.78 is 21.2. The van der Waals surface area contributed by atoms with E-state index < -0.39 is 16.7 Å². The minimum Gasteiger partial charge on any atom is -0.298 e. The van der Waals surface area contributed by atoms with E-state index in [0.29, 0.717) is 17.4 Å². The first-order valence-corrected chi connectivity index (χ1v) is 5.95. The van der Waals surface area contributed by atoms with Gasteiger partial charge >= 0.3 is 0 Å². The lowest BCUT2D eigenvalue weighted by Gasteiger charge is -2.29. The molecule has 0 spiro atoms. The zero-order valence-electron chi connectivity index (χ0n) is 8.08. The van der Waals surface area contributed by atoms with Gasteiger partial charge in [0.1, 0.15) is 6.29 Å². The Labute approximate surface area is 93.3 Å². The van der Waals surface area contributed by atoms with Crippen LogP contribution in [0.5, 0.6) is 0 Å². The van der Waals surface area contributed by atoms with Gasteiger partial charge in [0.2, 0.25) is 0 Å². The summed E-state index contributed by atoms with van der Waals surface area (Å²) in [7, 11) is -3.24. The highest BCUT2D eigenvalue weighted by Gasteiger charge is 2.29. The van der Waals surface area contributed by atoms with Crippen LogP contribution in [-0.4, -0.2) is 21.3 Å². The molecule has 0 radical (unpaired) electrons. The molecule has 3 N–H and O–H groups in total. The molecule has 1 aliphatic heterocycles. The Bertz CT molecular complexity index is 478. The number of amides is 1. The quantitative estimate of drug-likeness (QED) is 0.685. The molecule has 5 nitrogen and oxygen atoms in total. The molecule has 1 heterocycles. The molecule has 2 rings (SSSR count). The third kappa shape index (κ3) is 1.85. The summed E-state index contributed by atoms with van der Waals surface area (Å²) in [5.74, 6) is -0.533. The van der Waals surface area contributed by atoms with Gasteiger partial charge in [0.05, 0.1) is 4.91 Å². The monoisotopic (exact) mass is 239 g/mol. The predicted octanol–water partition coefficient (Wildman–Crippen LogP) is 1.64. The van der Waals surface area contributed by atoms with Gasteiger partial charge in [0.15, 0.2) is 0 Å². The zero-order valence-corrected chi connectivity index (χ0v) is 8.90. The summed E-state index contributed by atoms with van der Waals surface area (Å²) in [6.45, 7) is 0. The Balaban J connectivity index is 2.40. The molecule has 1 amide bonds. The maximum Gasteiger partial charge on any atom is 0.264 e. The van der Waals surface area contributed by atoms with Crippen molar-refractivity contribution in [3.05, 3.63) is 41.5 Å². The Hall–Kier alpha value is -1.63. The number of hydrogen-bond donors (Lipinski definition) is 3. The fraction of sp³-hybridized carbons (Fsp3) is 0. The van der Waals surface area contributed by atoms with Crippen LogP contribution in [0.1, 0.15) is 15.9 Å². The summed E-state index contributed by atoms with van der Waals surface area (Å²) in [5.41, 5.74) is 0.988. The van der Waals surface area contributed by atoms with E-state index in [0.717, 1.165) is 6.08 Å². The normalized spacial score (nSPS) is 19.9. The van der Waals surface area contributed by atoms with Crippen molar-refractivity contribution in [2.75, 3.05) is 0 Å². The van der Waals surface area contributed by atoms with Gasteiger partial charge in [-0.25, -0.2) is 4.72 Å². The van der Waals surface area contributed by atoms with Gasteiger partial charge in [-0.05, 0) is 5.56 Å². The first kappa shape index (κ1) is 10.9. The van der Waals surface area contributed by atoms with Crippen LogP contribution in [0, 0.1) is 0 Å². The predicted molar refractivity (Wildman–Crippen MR) is 60.8 cm³/mol. The molecule has 16 heavy (non-hydrogen) atoms. The van der Waals surface area contributed by atoms with Crippen LogP contribution in [0.15, 0.2) is 30.3 Å². The fourth-order valence-electron chi connectivity index (χ4n) is 1.40. The Kier molecular flexibility index (Phi) is 2.55. The Morgan fingerprint density at radius 3 is 2.25 bits per heavy atom. The van der Waals surface area contributed by atoms with E-state index in [1.54, 1.807) is 24.3 Å². The molecule has 0 saturated heterocycles. The number of carbonyl (C=O) groups excluding carboxylic acids is 2. The van der Waals surface area contributed by atoms with E-state index in [-0.39, 0.29) is 4.91 Å². The third-order valence-electron chi connectivity index (χ3n) is 2.14. The van der Waals surface area contributed by atoms with E-state index in [1.807, 2.05) is 0 Å². The van der Waals surface area contributed by atoms with Crippen LogP contribution in [0.4, 0.5) is 0 Å². The van der Waals surface area contributed by atoms with Gasteiger partial charge in [-0.15, -0.1) is 0 Å². The molecule has 84 valence electrons. The summed E-state index contributed by atoms with van der Waals surface area (Å²) in [4.78, 5) is 21.6. The van der Waals surface area contributed by atoms with Crippen molar-refractivity contribution in [2.24, 2.45) is 0 Å². The second kappa shape index (κ2) is 3.75. The van der Waals surface area contributed by atoms with Crippen LogP contribution in [0.3, 0.4) is 0 Å². The van der Waals surface area contributed by atoms with Crippen molar-refractivity contribution in [3.63, 3.8) is 0 Å². The van der Waals surface area contributed by atoms with E-state index in [4.69, 9.17) is 0 Å². The van der Waals surface area contributed by atoms with Crippen LogP contribution < -0.4 is 4.72 Å². The van der Waals surface area contributed by atoms with Gasteiger partial charge in [-0.1, -0.05) is 35.0 Å². The second-order valence-corrected chi connectivity index (χ2v) is 5.01. The molecule has 0 aliphatic carbocycles. The summed E-state index contributed by atoms with van der Waals surface area (Å²) >= 11 is 0. The van der Waals surface area contributed by atoms with E-state index >= 15 is 0 Å². The number of aldehydes is 1. The minimum atomic E-state index is -3.24. The van der Waals surface area contributed by atoms with Crippen molar-refractivity contribution < 1.29 is 18.7 Å². The van der Waals surface area contributed by atoms with Crippen LogP contribution in [0.2, 0.25) is 0 Å². The van der Waals surface area contributed by atoms with Gasteiger partial charge in [-0.3, -0.25) is 18.7 Å². The van der Waals surface area contributed by atoms with Crippen LogP contribution in [0.25, 0.3) is 4.91 Å².